The lowest BCUT2D eigenvalue weighted by Crippen LogP contribution is -2.46. The number of likely N-dealkylation sites (N-methyl/N-ethyl adjacent to an activating group) is 1. The average Bonchev–Trinajstić information content (AvgIpc) is 2.48. The van der Waals surface area contributed by atoms with Gasteiger partial charge in [0.2, 0.25) is 5.91 Å². The molecule has 1 aromatic carbocycles. The molecule has 0 aliphatic carbocycles. The highest BCUT2D eigenvalue weighted by Gasteiger charge is 2.22. The summed E-state index contributed by atoms with van der Waals surface area (Å²) in [5.74, 6) is 0.767. The van der Waals surface area contributed by atoms with E-state index in [0.717, 1.165) is 19.5 Å². The van der Waals surface area contributed by atoms with Crippen molar-refractivity contribution in [1.82, 2.24) is 10.2 Å². The van der Waals surface area contributed by atoms with E-state index >= 15 is 0 Å². The van der Waals surface area contributed by atoms with Gasteiger partial charge in [-0.25, -0.2) is 0 Å². The zero-order valence-corrected chi connectivity index (χ0v) is 14.1. The number of hydrogen-bond donors (Lipinski definition) is 1. The van der Waals surface area contributed by atoms with Crippen LogP contribution in [-0.4, -0.2) is 29.9 Å². The molecular formula is C18H30N2O. The van der Waals surface area contributed by atoms with E-state index < -0.39 is 0 Å². The molecule has 1 amide bonds. The molecule has 3 heteroatoms. The number of rotatable bonds is 8. The highest BCUT2D eigenvalue weighted by molar-refractivity contribution is 5.81. The number of carbonyl (C=O) groups excluding carboxylic acids is 1. The topological polar surface area (TPSA) is 32.3 Å². The number of benzene rings is 1. The van der Waals surface area contributed by atoms with Crippen molar-refractivity contribution >= 4 is 5.91 Å². The lowest BCUT2D eigenvalue weighted by atomic mass is 9.96. The maximum atomic E-state index is 12.4. The Kier molecular flexibility index (Phi) is 7.44. The molecule has 1 N–H and O–H groups in total. The van der Waals surface area contributed by atoms with Gasteiger partial charge in [-0.2, -0.15) is 0 Å². The predicted octanol–water partition coefficient (Wildman–Crippen LogP) is 3.62. The van der Waals surface area contributed by atoms with Crippen molar-refractivity contribution in [2.45, 2.75) is 53.1 Å². The van der Waals surface area contributed by atoms with Crippen molar-refractivity contribution in [3.05, 3.63) is 35.9 Å². The van der Waals surface area contributed by atoms with Gasteiger partial charge in [-0.05, 0) is 38.7 Å². The quantitative estimate of drug-likeness (QED) is 0.793. The molecule has 0 spiro atoms. The Morgan fingerprint density at radius 1 is 1.10 bits per heavy atom. The van der Waals surface area contributed by atoms with E-state index in [-0.39, 0.29) is 18.0 Å². The molecule has 0 fully saturated rings. The van der Waals surface area contributed by atoms with Crippen LogP contribution in [0.2, 0.25) is 0 Å². The van der Waals surface area contributed by atoms with Crippen molar-refractivity contribution in [3.63, 3.8) is 0 Å². The summed E-state index contributed by atoms with van der Waals surface area (Å²) in [4.78, 5) is 14.3. The van der Waals surface area contributed by atoms with Gasteiger partial charge in [0, 0.05) is 19.1 Å². The fourth-order valence-electron chi connectivity index (χ4n) is 2.64. The highest BCUT2D eigenvalue weighted by Crippen LogP contribution is 2.21. The molecule has 0 saturated heterocycles. The van der Waals surface area contributed by atoms with Crippen LogP contribution in [0.1, 0.15) is 52.6 Å². The lowest BCUT2D eigenvalue weighted by Gasteiger charge is -2.28. The largest absolute Gasteiger partial charge is 0.342 e. The monoisotopic (exact) mass is 290 g/mol. The molecule has 118 valence electrons. The van der Waals surface area contributed by atoms with Crippen LogP contribution >= 0.6 is 0 Å². The Morgan fingerprint density at radius 2 is 1.67 bits per heavy atom. The first-order chi connectivity index (χ1) is 9.99. The minimum Gasteiger partial charge on any atom is -0.342 e. The van der Waals surface area contributed by atoms with Crippen LogP contribution in [0.15, 0.2) is 30.3 Å². The first-order valence-electron chi connectivity index (χ1n) is 8.09. The zero-order valence-electron chi connectivity index (χ0n) is 14.1. The molecule has 1 aromatic rings. The molecule has 0 saturated carbocycles. The van der Waals surface area contributed by atoms with Crippen molar-refractivity contribution < 1.29 is 4.79 Å². The summed E-state index contributed by atoms with van der Waals surface area (Å²) in [5, 5.41) is 3.52. The molecule has 0 bridgehead atoms. The van der Waals surface area contributed by atoms with Gasteiger partial charge in [-0.15, -0.1) is 0 Å². The summed E-state index contributed by atoms with van der Waals surface area (Å²) in [5.41, 5.74) is 1.25. The molecule has 1 rings (SSSR count). The van der Waals surface area contributed by atoms with Gasteiger partial charge in [0.25, 0.3) is 0 Å². The van der Waals surface area contributed by atoms with Crippen molar-refractivity contribution in [3.8, 4) is 0 Å². The van der Waals surface area contributed by atoms with Crippen molar-refractivity contribution in [1.29, 1.82) is 0 Å². The predicted molar refractivity (Wildman–Crippen MR) is 89.2 cm³/mol. The van der Waals surface area contributed by atoms with Gasteiger partial charge in [-0.1, -0.05) is 44.2 Å². The van der Waals surface area contributed by atoms with Crippen LogP contribution in [-0.2, 0) is 4.79 Å². The highest BCUT2D eigenvalue weighted by atomic mass is 16.2. The molecule has 0 aliphatic rings. The second-order valence-electron chi connectivity index (χ2n) is 5.99. The smallest absolute Gasteiger partial charge is 0.239 e. The number of carbonyl (C=O) groups is 1. The van der Waals surface area contributed by atoms with E-state index in [1.54, 1.807) is 0 Å². The maximum absolute atomic E-state index is 12.4. The van der Waals surface area contributed by atoms with Crippen LogP contribution < -0.4 is 5.32 Å². The van der Waals surface area contributed by atoms with E-state index in [9.17, 15) is 4.79 Å². The third-order valence-electron chi connectivity index (χ3n) is 3.81. The molecule has 2 atom stereocenters. The van der Waals surface area contributed by atoms with Crippen molar-refractivity contribution in [2.24, 2.45) is 5.92 Å². The second kappa shape index (κ2) is 8.83. The van der Waals surface area contributed by atoms with Crippen LogP contribution in [0, 0.1) is 5.92 Å². The molecular weight excluding hydrogens is 260 g/mol. The minimum absolute atomic E-state index is 0.158. The van der Waals surface area contributed by atoms with Gasteiger partial charge in [0.05, 0.1) is 6.04 Å². The van der Waals surface area contributed by atoms with Gasteiger partial charge in [0.15, 0.2) is 0 Å². The lowest BCUT2D eigenvalue weighted by molar-refractivity contribution is -0.132. The van der Waals surface area contributed by atoms with Gasteiger partial charge in [-0.3, -0.25) is 10.1 Å². The standard InChI is InChI=1S/C18H30N2O/c1-6-20(7-2)18(21)15(5)19-17(13-14(3)4)16-11-9-8-10-12-16/h8-12,14-15,17,19H,6-7,13H2,1-5H3. The summed E-state index contributed by atoms with van der Waals surface area (Å²) < 4.78 is 0. The molecule has 2 unspecified atom stereocenters. The summed E-state index contributed by atoms with van der Waals surface area (Å²) in [7, 11) is 0. The molecule has 0 aliphatic heterocycles. The fourth-order valence-corrected chi connectivity index (χ4v) is 2.64. The van der Waals surface area contributed by atoms with Gasteiger partial charge >= 0.3 is 0 Å². The minimum atomic E-state index is -0.158. The first kappa shape index (κ1) is 17.7. The Morgan fingerprint density at radius 3 is 2.14 bits per heavy atom. The Balaban J connectivity index is 2.79. The SMILES string of the molecule is CCN(CC)C(=O)C(C)NC(CC(C)C)c1ccccc1. The summed E-state index contributed by atoms with van der Waals surface area (Å²) >= 11 is 0. The summed E-state index contributed by atoms with van der Waals surface area (Å²) in [6.45, 7) is 12.0. The van der Waals surface area contributed by atoms with Gasteiger partial charge in [0.1, 0.15) is 0 Å². The van der Waals surface area contributed by atoms with E-state index in [4.69, 9.17) is 0 Å². The number of nitrogens with zero attached hydrogens (tertiary/aromatic N) is 1. The maximum Gasteiger partial charge on any atom is 0.239 e. The van der Waals surface area contributed by atoms with Crippen LogP contribution in [0.25, 0.3) is 0 Å². The van der Waals surface area contributed by atoms with E-state index in [1.807, 2.05) is 31.7 Å². The molecule has 0 aromatic heterocycles. The Hall–Kier alpha value is -1.35. The van der Waals surface area contributed by atoms with Crippen LogP contribution in [0.5, 0.6) is 0 Å². The number of nitrogens with one attached hydrogen (secondary N) is 1. The summed E-state index contributed by atoms with van der Waals surface area (Å²) in [6.07, 6.45) is 1.03. The van der Waals surface area contributed by atoms with E-state index in [2.05, 4.69) is 43.4 Å². The van der Waals surface area contributed by atoms with E-state index in [1.165, 1.54) is 5.56 Å². The molecule has 21 heavy (non-hydrogen) atoms. The fraction of sp³-hybridized carbons (Fsp3) is 0.611. The second-order valence-corrected chi connectivity index (χ2v) is 5.99. The molecule has 3 nitrogen and oxygen atoms in total. The van der Waals surface area contributed by atoms with Crippen LogP contribution in [0.4, 0.5) is 0 Å². The number of amides is 1. The average molecular weight is 290 g/mol. The Bertz CT molecular complexity index is 412. The normalized spacial score (nSPS) is 14.0. The Labute approximate surface area is 129 Å². The van der Waals surface area contributed by atoms with Gasteiger partial charge < -0.3 is 4.90 Å². The van der Waals surface area contributed by atoms with Crippen molar-refractivity contribution in [2.75, 3.05) is 13.1 Å². The molecule has 0 heterocycles. The summed E-state index contributed by atoms with van der Waals surface area (Å²) in [6, 6.07) is 10.5. The first-order valence-corrected chi connectivity index (χ1v) is 8.09. The van der Waals surface area contributed by atoms with E-state index in [0.29, 0.717) is 5.92 Å². The third kappa shape index (κ3) is 5.50. The number of hydrogen-bond acceptors (Lipinski definition) is 2. The third-order valence-corrected chi connectivity index (χ3v) is 3.81. The van der Waals surface area contributed by atoms with Crippen LogP contribution in [0.3, 0.4) is 0 Å². The zero-order chi connectivity index (χ0) is 15.8. The molecule has 0 radical (unpaired) electrons.